The zero-order chi connectivity index (χ0) is 16.3. The zero-order valence-electron chi connectivity index (χ0n) is 14.3. The zero-order valence-corrected chi connectivity index (χ0v) is 14.3. The number of nitrogens with one attached hydrogen (secondary N) is 1. The van der Waals surface area contributed by atoms with Crippen molar-refractivity contribution in [2.45, 2.75) is 38.5 Å². The molecule has 2 heterocycles. The molecule has 0 aliphatic carbocycles. The van der Waals surface area contributed by atoms with Crippen molar-refractivity contribution in [2.24, 2.45) is 5.41 Å². The maximum atomic E-state index is 12.6. The van der Waals surface area contributed by atoms with E-state index in [-0.39, 0.29) is 5.92 Å². The second kappa shape index (κ2) is 6.91. The molecule has 1 atom stereocenters. The molecule has 2 saturated heterocycles. The number of hydrogen-bond acceptors (Lipinski definition) is 3. The van der Waals surface area contributed by atoms with E-state index in [1.807, 2.05) is 18.2 Å². The maximum Gasteiger partial charge on any atom is 0.223 e. The molecule has 126 valence electrons. The quantitative estimate of drug-likeness (QED) is 0.929. The topological polar surface area (TPSA) is 41.6 Å². The van der Waals surface area contributed by atoms with Gasteiger partial charge in [0.1, 0.15) is 5.75 Å². The summed E-state index contributed by atoms with van der Waals surface area (Å²) in [5.74, 6) is 1.37. The molecule has 1 spiro atoms. The Morgan fingerprint density at radius 1 is 1.35 bits per heavy atom. The van der Waals surface area contributed by atoms with Gasteiger partial charge in [-0.05, 0) is 54.8 Å². The van der Waals surface area contributed by atoms with Gasteiger partial charge in [-0.2, -0.15) is 0 Å². The normalized spacial score (nSPS) is 21.4. The molecule has 1 aromatic carbocycles. The SMILES string of the molecule is COc1cccc(C(C)CC(=O)N2CCC3(CCNC3)CC2)c1. The van der Waals surface area contributed by atoms with Crippen LogP contribution in [0.1, 0.15) is 44.1 Å². The molecular weight excluding hydrogens is 288 g/mol. The van der Waals surface area contributed by atoms with Crippen molar-refractivity contribution in [2.75, 3.05) is 33.3 Å². The Balaban J connectivity index is 1.54. The highest BCUT2D eigenvalue weighted by molar-refractivity contribution is 5.77. The summed E-state index contributed by atoms with van der Waals surface area (Å²) in [6.07, 6.45) is 4.16. The van der Waals surface area contributed by atoms with Crippen molar-refractivity contribution >= 4 is 5.91 Å². The van der Waals surface area contributed by atoms with E-state index >= 15 is 0 Å². The summed E-state index contributed by atoms with van der Waals surface area (Å²) in [7, 11) is 1.68. The number of carbonyl (C=O) groups excluding carboxylic acids is 1. The molecule has 4 nitrogen and oxygen atoms in total. The van der Waals surface area contributed by atoms with Gasteiger partial charge >= 0.3 is 0 Å². The van der Waals surface area contributed by atoms with Crippen LogP contribution in [-0.4, -0.2) is 44.1 Å². The van der Waals surface area contributed by atoms with Crippen LogP contribution in [0.2, 0.25) is 0 Å². The molecule has 4 heteroatoms. The molecule has 2 aliphatic rings. The second-order valence-corrected chi connectivity index (χ2v) is 7.19. The Labute approximate surface area is 139 Å². The lowest BCUT2D eigenvalue weighted by atomic mass is 9.77. The van der Waals surface area contributed by atoms with Crippen LogP contribution in [0.25, 0.3) is 0 Å². The van der Waals surface area contributed by atoms with Crippen molar-refractivity contribution < 1.29 is 9.53 Å². The molecular formula is C19H28N2O2. The Hall–Kier alpha value is -1.55. The average Bonchev–Trinajstić information content (AvgIpc) is 3.03. The summed E-state index contributed by atoms with van der Waals surface area (Å²) in [4.78, 5) is 14.7. The first kappa shape index (κ1) is 16.3. The van der Waals surface area contributed by atoms with Gasteiger partial charge in [-0.3, -0.25) is 4.79 Å². The highest BCUT2D eigenvalue weighted by Gasteiger charge is 2.38. The molecule has 2 aliphatic heterocycles. The number of methoxy groups -OCH3 is 1. The summed E-state index contributed by atoms with van der Waals surface area (Å²) in [5, 5.41) is 3.48. The monoisotopic (exact) mass is 316 g/mol. The molecule has 0 saturated carbocycles. The Morgan fingerprint density at radius 2 is 2.13 bits per heavy atom. The smallest absolute Gasteiger partial charge is 0.223 e. The van der Waals surface area contributed by atoms with Crippen molar-refractivity contribution in [3.05, 3.63) is 29.8 Å². The molecule has 1 amide bonds. The Kier molecular flexibility index (Phi) is 4.90. The van der Waals surface area contributed by atoms with Gasteiger partial charge < -0.3 is 15.0 Å². The maximum absolute atomic E-state index is 12.6. The van der Waals surface area contributed by atoms with Crippen LogP contribution in [0.4, 0.5) is 0 Å². The number of hydrogen-bond donors (Lipinski definition) is 1. The largest absolute Gasteiger partial charge is 0.497 e. The van der Waals surface area contributed by atoms with Crippen LogP contribution in [0.3, 0.4) is 0 Å². The molecule has 1 N–H and O–H groups in total. The molecule has 2 fully saturated rings. The summed E-state index contributed by atoms with van der Waals surface area (Å²) in [6.45, 7) is 6.24. The third kappa shape index (κ3) is 3.69. The number of carbonyl (C=O) groups is 1. The summed E-state index contributed by atoms with van der Waals surface area (Å²) in [5.41, 5.74) is 1.64. The summed E-state index contributed by atoms with van der Waals surface area (Å²) in [6, 6.07) is 8.05. The number of nitrogens with zero attached hydrogens (tertiary/aromatic N) is 1. The van der Waals surface area contributed by atoms with Crippen LogP contribution in [-0.2, 0) is 4.79 Å². The van der Waals surface area contributed by atoms with Crippen molar-refractivity contribution in [1.29, 1.82) is 0 Å². The highest BCUT2D eigenvalue weighted by atomic mass is 16.5. The summed E-state index contributed by atoms with van der Waals surface area (Å²) >= 11 is 0. The number of piperidine rings is 1. The molecule has 3 rings (SSSR count). The molecule has 0 bridgehead atoms. The number of likely N-dealkylation sites (tertiary alicyclic amines) is 1. The molecule has 0 radical (unpaired) electrons. The minimum absolute atomic E-state index is 0.224. The van der Waals surface area contributed by atoms with E-state index in [2.05, 4.69) is 23.2 Å². The fourth-order valence-corrected chi connectivity index (χ4v) is 3.91. The van der Waals surface area contributed by atoms with E-state index in [9.17, 15) is 4.79 Å². The van der Waals surface area contributed by atoms with Crippen molar-refractivity contribution in [3.63, 3.8) is 0 Å². The lowest BCUT2D eigenvalue weighted by Crippen LogP contribution is -2.44. The first-order valence-corrected chi connectivity index (χ1v) is 8.74. The third-order valence-corrected chi connectivity index (χ3v) is 5.65. The second-order valence-electron chi connectivity index (χ2n) is 7.19. The van der Waals surface area contributed by atoms with Gasteiger partial charge in [0.05, 0.1) is 7.11 Å². The Bertz CT molecular complexity index is 542. The van der Waals surface area contributed by atoms with E-state index in [4.69, 9.17) is 4.74 Å². The van der Waals surface area contributed by atoms with Gasteiger partial charge in [-0.1, -0.05) is 19.1 Å². The van der Waals surface area contributed by atoms with Crippen molar-refractivity contribution in [3.8, 4) is 5.75 Å². The van der Waals surface area contributed by atoms with Gasteiger partial charge in [-0.25, -0.2) is 0 Å². The minimum atomic E-state index is 0.224. The number of benzene rings is 1. The van der Waals surface area contributed by atoms with Crippen LogP contribution in [0.15, 0.2) is 24.3 Å². The molecule has 1 aromatic rings. The molecule has 0 aromatic heterocycles. The van der Waals surface area contributed by atoms with E-state index in [0.29, 0.717) is 17.7 Å². The van der Waals surface area contributed by atoms with Gasteiger partial charge in [0, 0.05) is 26.1 Å². The van der Waals surface area contributed by atoms with E-state index in [1.54, 1.807) is 7.11 Å². The van der Waals surface area contributed by atoms with E-state index < -0.39 is 0 Å². The molecule has 1 unspecified atom stereocenters. The predicted molar refractivity (Wildman–Crippen MR) is 91.8 cm³/mol. The lowest BCUT2D eigenvalue weighted by Gasteiger charge is -2.39. The van der Waals surface area contributed by atoms with Crippen LogP contribution < -0.4 is 10.1 Å². The van der Waals surface area contributed by atoms with Crippen LogP contribution in [0, 0.1) is 5.41 Å². The van der Waals surface area contributed by atoms with E-state index in [1.165, 1.54) is 12.0 Å². The Morgan fingerprint density at radius 3 is 2.78 bits per heavy atom. The summed E-state index contributed by atoms with van der Waals surface area (Å²) < 4.78 is 5.28. The molecule has 23 heavy (non-hydrogen) atoms. The van der Waals surface area contributed by atoms with Crippen LogP contribution in [0.5, 0.6) is 5.75 Å². The third-order valence-electron chi connectivity index (χ3n) is 5.65. The number of amides is 1. The van der Waals surface area contributed by atoms with Gasteiger partial charge in [0.2, 0.25) is 5.91 Å². The van der Waals surface area contributed by atoms with E-state index in [0.717, 1.165) is 44.8 Å². The van der Waals surface area contributed by atoms with Crippen molar-refractivity contribution in [1.82, 2.24) is 10.2 Å². The minimum Gasteiger partial charge on any atom is -0.497 e. The number of rotatable bonds is 4. The van der Waals surface area contributed by atoms with Gasteiger partial charge in [0.25, 0.3) is 0 Å². The number of ether oxygens (including phenoxy) is 1. The predicted octanol–water partition coefficient (Wildman–Crippen LogP) is 2.79. The standard InChI is InChI=1S/C19H28N2O2/c1-15(16-4-3-5-17(13-16)23-2)12-18(22)21-10-7-19(8-11-21)6-9-20-14-19/h3-5,13,15,20H,6-12,14H2,1-2H3. The fraction of sp³-hybridized carbons (Fsp3) is 0.632. The van der Waals surface area contributed by atoms with Gasteiger partial charge in [0.15, 0.2) is 0 Å². The first-order valence-electron chi connectivity index (χ1n) is 8.74. The average molecular weight is 316 g/mol. The highest BCUT2D eigenvalue weighted by Crippen LogP contribution is 2.37. The first-order chi connectivity index (χ1) is 11.1. The lowest BCUT2D eigenvalue weighted by molar-refractivity contribution is -0.133. The van der Waals surface area contributed by atoms with Gasteiger partial charge in [-0.15, -0.1) is 0 Å². The fourth-order valence-electron chi connectivity index (χ4n) is 3.91. The van der Waals surface area contributed by atoms with Crippen LogP contribution >= 0.6 is 0 Å².